The van der Waals surface area contributed by atoms with E-state index in [4.69, 9.17) is 10.1 Å². The number of rotatable bonds is 2. The quantitative estimate of drug-likeness (QED) is 0.394. The third-order valence-corrected chi connectivity index (χ3v) is 2.47. The Kier molecular flexibility index (Phi) is 5.93. The predicted octanol–water partition coefficient (Wildman–Crippen LogP) is 5.88. The van der Waals surface area contributed by atoms with E-state index in [1.54, 1.807) is 12.1 Å². The van der Waals surface area contributed by atoms with E-state index in [1.807, 2.05) is 44.2 Å². The van der Waals surface area contributed by atoms with Crippen molar-refractivity contribution < 1.29 is 22.0 Å². The molecule has 0 bridgehead atoms. The molecule has 0 aromatic heterocycles. The fourth-order valence-corrected chi connectivity index (χ4v) is 1.53. The van der Waals surface area contributed by atoms with Crippen molar-refractivity contribution >= 4 is 12.9 Å². The first kappa shape index (κ1) is 17.5. The summed E-state index contributed by atoms with van der Waals surface area (Å²) in [5.74, 6) is 1.27. The van der Waals surface area contributed by atoms with Gasteiger partial charge in [0.2, 0.25) is 11.1 Å². The van der Waals surface area contributed by atoms with E-state index >= 15 is 0 Å². The zero-order valence-electron chi connectivity index (χ0n) is 11.9. The van der Waals surface area contributed by atoms with Crippen molar-refractivity contribution in [3.8, 4) is 11.5 Å². The molecule has 2 aromatic carbocycles. The first-order chi connectivity index (χ1) is 10.2. The second kappa shape index (κ2) is 7.45. The summed E-state index contributed by atoms with van der Waals surface area (Å²) in [4.78, 5) is 3.22. The second-order valence-corrected chi connectivity index (χ2v) is 4.48. The summed E-state index contributed by atoms with van der Waals surface area (Å²) in [5.41, 5.74) is 2.63. The first-order valence-corrected chi connectivity index (χ1v) is 6.26. The average Bonchev–Trinajstić information content (AvgIpc) is 2.41. The molecule has 0 aliphatic carbocycles. The molecule has 2 aromatic rings. The van der Waals surface area contributed by atoms with Gasteiger partial charge in [-0.1, -0.05) is 23.8 Å². The van der Waals surface area contributed by atoms with Crippen LogP contribution in [0.1, 0.15) is 11.1 Å². The summed E-state index contributed by atoms with van der Waals surface area (Å²) in [6.07, 6.45) is 0. The highest BCUT2D eigenvalue weighted by Crippen LogP contribution is 2.32. The average molecular weight is 312 g/mol. The van der Waals surface area contributed by atoms with E-state index in [0.29, 0.717) is 11.4 Å². The van der Waals surface area contributed by atoms with Crippen LogP contribution < -0.4 is 4.74 Å². The van der Waals surface area contributed by atoms with Crippen molar-refractivity contribution in [3.05, 3.63) is 58.6 Å². The van der Waals surface area contributed by atoms with Crippen molar-refractivity contribution in [1.29, 1.82) is 5.39 Å². The number of halogens is 4. The van der Waals surface area contributed by atoms with E-state index in [9.17, 15) is 17.3 Å². The molecular formula is C14H13BF4N2O. The van der Waals surface area contributed by atoms with Gasteiger partial charge in [0, 0.05) is 6.07 Å². The summed E-state index contributed by atoms with van der Waals surface area (Å²) in [7, 11) is -6.00. The SMILES string of the molecule is Cc1ccc(Oc2ccc(C)cc2[N+]#N)cc1.F[B-](F)(F)F. The molecule has 0 fully saturated rings. The van der Waals surface area contributed by atoms with Gasteiger partial charge < -0.3 is 22.0 Å². The molecule has 0 heterocycles. The number of benzene rings is 2. The molecule has 2 rings (SSSR count). The first-order valence-electron chi connectivity index (χ1n) is 6.26. The summed E-state index contributed by atoms with van der Waals surface area (Å²) in [6.45, 7) is 3.95. The van der Waals surface area contributed by atoms with Crippen molar-refractivity contribution in [1.82, 2.24) is 0 Å². The molecular weight excluding hydrogens is 299 g/mol. The molecule has 0 unspecified atom stereocenters. The van der Waals surface area contributed by atoms with Gasteiger partial charge in [-0.15, -0.1) is 0 Å². The fourth-order valence-electron chi connectivity index (χ4n) is 1.53. The minimum Gasteiger partial charge on any atom is -0.449 e. The number of ether oxygens (including phenoxy) is 1. The Hall–Kier alpha value is -2.56. The third kappa shape index (κ3) is 6.75. The van der Waals surface area contributed by atoms with E-state index < -0.39 is 7.25 Å². The lowest BCUT2D eigenvalue weighted by molar-refractivity contribution is 0.368. The molecule has 0 aliphatic heterocycles. The number of nitrogens with zero attached hydrogens (tertiary/aromatic N) is 2. The molecule has 0 atom stereocenters. The van der Waals surface area contributed by atoms with Crippen LogP contribution in [-0.2, 0) is 0 Å². The van der Waals surface area contributed by atoms with Gasteiger partial charge in [0.25, 0.3) is 0 Å². The van der Waals surface area contributed by atoms with Crippen LogP contribution in [-0.4, -0.2) is 7.25 Å². The zero-order valence-corrected chi connectivity index (χ0v) is 11.9. The Bertz CT molecular complexity index is 660. The van der Waals surface area contributed by atoms with Crippen molar-refractivity contribution in [2.24, 2.45) is 0 Å². The number of diazo groups is 1. The smallest absolute Gasteiger partial charge is 0.449 e. The van der Waals surface area contributed by atoms with Gasteiger partial charge in [0.05, 0.1) is 0 Å². The van der Waals surface area contributed by atoms with Crippen LogP contribution in [0.2, 0.25) is 0 Å². The Morgan fingerprint density at radius 1 is 0.909 bits per heavy atom. The molecule has 0 aliphatic rings. The maximum atomic E-state index is 9.75. The minimum absolute atomic E-state index is 0.436. The highest BCUT2D eigenvalue weighted by Gasteiger charge is 2.20. The summed E-state index contributed by atoms with van der Waals surface area (Å²) in [5, 5.41) is 8.91. The molecule has 3 nitrogen and oxygen atoms in total. The zero-order chi connectivity index (χ0) is 16.8. The molecule has 0 spiro atoms. The van der Waals surface area contributed by atoms with Crippen LogP contribution in [0, 0.1) is 19.2 Å². The van der Waals surface area contributed by atoms with E-state index in [2.05, 4.69) is 4.98 Å². The Balaban J connectivity index is 0.000000422. The lowest BCUT2D eigenvalue weighted by atomic mass is 10.2. The molecule has 116 valence electrons. The van der Waals surface area contributed by atoms with Crippen LogP contribution in [0.5, 0.6) is 11.5 Å². The Labute approximate surface area is 125 Å². The number of aryl methyl sites for hydroxylation is 2. The van der Waals surface area contributed by atoms with Gasteiger partial charge in [-0.2, -0.15) is 0 Å². The van der Waals surface area contributed by atoms with Gasteiger partial charge in [-0.25, -0.2) is 0 Å². The maximum absolute atomic E-state index is 9.75. The summed E-state index contributed by atoms with van der Waals surface area (Å²) >= 11 is 0. The normalized spacial score (nSPS) is 10.2. The molecule has 0 amide bonds. The van der Waals surface area contributed by atoms with Crippen molar-refractivity contribution in [3.63, 3.8) is 0 Å². The lowest BCUT2D eigenvalue weighted by Crippen LogP contribution is -2.02. The van der Waals surface area contributed by atoms with Crippen LogP contribution in [0.3, 0.4) is 0 Å². The minimum atomic E-state index is -6.00. The van der Waals surface area contributed by atoms with Gasteiger partial charge in [0.15, 0.2) is 4.98 Å². The maximum Gasteiger partial charge on any atom is 0.673 e. The fraction of sp³-hybridized carbons (Fsp3) is 0.143. The van der Waals surface area contributed by atoms with E-state index in [-0.39, 0.29) is 0 Å². The highest BCUT2D eigenvalue weighted by molar-refractivity contribution is 6.50. The molecule has 0 radical (unpaired) electrons. The predicted molar refractivity (Wildman–Crippen MR) is 77.4 cm³/mol. The van der Waals surface area contributed by atoms with E-state index in [1.165, 1.54) is 5.56 Å². The van der Waals surface area contributed by atoms with Crippen molar-refractivity contribution in [2.45, 2.75) is 13.8 Å². The Morgan fingerprint density at radius 2 is 1.41 bits per heavy atom. The topological polar surface area (TPSA) is 37.4 Å². The highest BCUT2D eigenvalue weighted by atomic mass is 19.5. The summed E-state index contributed by atoms with van der Waals surface area (Å²) < 4.78 is 44.7. The standard InChI is InChI=1S/C14H13N2O.BF4/c1-10-3-6-12(7-4-10)17-14-8-5-11(2)9-13(14)16-15;2-1(3,4)5/h3-9H,1-2H3;/q+1;-1. The largest absolute Gasteiger partial charge is 0.673 e. The van der Waals surface area contributed by atoms with Gasteiger partial charge >= 0.3 is 12.9 Å². The van der Waals surface area contributed by atoms with Crippen molar-refractivity contribution in [2.75, 3.05) is 0 Å². The third-order valence-electron chi connectivity index (χ3n) is 2.47. The molecule has 22 heavy (non-hydrogen) atoms. The molecule has 0 saturated carbocycles. The monoisotopic (exact) mass is 312 g/mol. The van der Waals surface area contributed by atoms with Crippen LogP contribution >= 0.6 is 0 Å². The molecule has 0 N–H and O–H groups in total. The molecule has 8 heteroatoms. The van der Waals surface area contributed by atoms with Gasteiger partial charge in [0.1, 0.15) is 5.75 Å². The number of hydrogen-bond donors (Lipinski definition) is 0. The second-order valence-electron chi connectivity index (χ2n) is 4.48. The Morgan fingerprint density at radius 3 is 1.91 bits per heavy atom. The van der Waals surface area contributed by atoms with Crippen LogP contribution in [0.4, 0.5) is 23.0 Å². The van der Waals surface area contributed by atoms with Gasteiger partial charge in [-0.05, 0) is 37.6 Å². The lowest BCUT2D eigenvalue weighted by Gasteiger charge is -2.03. The van der Waals surface area contributed by atoms with Crippen LogP contribution in [0.15, 0.2) is 42.5 Å². The number of hydrogen-bond acceptors (Lipinski definition) is 2. The molecule has 0 saturated heterocycles. The van der Waals surface area contributed by atoms with E-state index in [0.717, 1.165) is 11.3 Å². The van der Waals surface area contributed by atoms with Gasteiger partial charge in [-0.3, -0.25) is 0 Å². The summed E-state index contributed by atoms with van der Waals surface area (Å²) in [6, 6.07) is 13.2. The van der Waals surface area contributed by atoms with Crippen LogP contribution in [0.25, 0.3) is 4.98 Å².